The Kier molecular flexibility index (Phi) is 3.76. The summed E-state index contributed by atoms with van der Waals surface area (Å²) < 4.78 is 1.98. The molecule has 2 aromatic carbocycles. The average Bonchev–Trinajstić information content (AvgIpc) is 2.85. The lowest BCUT2D eigenvalue weighted by Gasteiger charge is -2.07. The Balaban J connectivity index is 1.99. The van der Waals surface area contributed by atoms with Gasteiger partial charge in [0, 0.05) is 17.0 Å². The second-order valence-electron chi connectivity index (χ2n) is 4.89. The van der Waals surface area contributed by atoms with Gasteiger partial charge in [0.2, 0.25) is 0 Å². The van der Waals surface area contributed by atoms with Crippen LogP contribution in [0.2, 0.25) is 5.02 Å². The highest BCUT2D eigenvalue weighted by atomic mass is 35.5. The molecule has 3 nitrogen and oxygen atoms in total. The fourth-order valence-corrected chi connectivity index (χ4v) is 2.66. The topological polar surface area (TPSA) is 34.9 Å². The van der Waals surface area contributed by atoms with Gasteiger partial charge in [0.05, 0.1) is 17.6 Å². The van der Waals surface area contributed by atoms with Gasteiger partial charge in [0.25, 0.3) is 0 Å². The Morgan fingerprint density at radius 3 is 2.76 bits per heavy atom. The van der Waals surface area contributed by atoms with Crippen molar-refractivity contribution in [3.63, 3.8) is 0 Å². The molecule has 0 amide bonds. The highest BCUT2D eigenvalue weighted by Gasteiger charge is 2.13. The van der Waals surface area contributed by atoms with Crippen LogP contribution in [0.3, 0.4) is 0 Å². The molecule has 0 radical (unpaired) electrons. The zero-order chi connectivity index (χ0) is 14.8. The number of carbonyl (C=O) groups is 1. The van der Waals surface area contributed by atoms with Crippen LogP contribution in [0.5, 0.6) is 0 Å². The molecule has 0 fully saturated rings. The van der Waals surface area contributed by atoms with E-state index >= 15 is 0 Å². The van der Waals surface area contributed by atoms with E-state index in [0.29, 0.717) is 10.6 Å². The summed E-state index contributed by atoms with van der Waals surface area (Å²) in [5.41, 5.74) is 2.54. The summed E-state index contributed by atoms with van der Waals surface area (Å²) in [7, 11) is 0. The van der Waals surface area contributed by atoms with Crippen LogP contribution in [0.1, 0.15) is 23.1 Å². The summed E-state index contributed by atoms with van der Waals surface area (Å²) in [5, 5.41) is 0.576. The smallest absolute Gasteiger partial charge is 0.182 e. The molecule has 3 aromatic rings. The predicted molar refractivity (Wildman–Crippen MR) is 84.9 cm³/mol. The van der Waals surface area contributed by atoms with Crippen LogP contribution in [0.25, 0.3) is 11.0 Å². The number of benzene rings is 2. The van der Waals surface area contributed by atoms with Crippen molar-refractivity contribution in [3.05, 3.63) is 64.9 Å². The Labute approximate surface area is 128 Å². The Morgan fingerprint density at radius 1 is 1.19 bits per heavy atom. The first-order chi connectivity index (χ1) is 10.2. The van der Waals surface area contributed by atoms with E-state index in [1.165, 1.54) is 0 Å². The van der Waals surface area contributed by atoms with Crippen LogP contribution < -0.4 is 0 Å². The van der Waals surface area contributed by atoms with Gasteiger partial charge >= 0.3 is 0 Å². The van der Waals surface area contributed by atoms with Gasteiger partial charge in [0.1, 0.15) is 5.82 Å². The monoisotopic (exact) mass is 298 g/mol. The van der Waals surface area contributed by atoms with Crippen LogP contribution in [0.4, 0.5) is 0 Å². The van der Waals surface area contributed by atoms with Gasteiger partial charge in [-0.2, -0.15) is 0 Å². The Bertz CT molecular complexity index is 807. The van der Waals surface area contributed by atoms with Gasteiger partial charge in [-0.05, 0) is 24.3 Å². The number of ketones is 1. The minimum absolute atomic E-state index is 0.0374. The van der Waals surface area contributed by atoms with Gasteiger partial charge in [-0.1, -0.05) is 42.8 Å². The molecule has 0 saturated carbocycles. The number of para-hydroxylation sites is 2. The molecule has 106 valence electrons. The van der Waals surface area contributed by atoms with Gasteiger partial charge < -0.3 is 4.57 Å². The molecule has 0 aliphatic heterocycles. The second-order valence-corrected chi connectivity index (χ2v) is 5.33. The fraction of sp³-hybridized carbons (Fsp3) is 0.176. The molecule has 0 N–H and O–H groups in total. The first kappa shape index (κ1) is 13.8. The summed E-state index contributed by atoms with van der Waals surface area (Å²) in [5.74, 6) is 0.960. The van der Waals surface area contributed by atoms with E-state index in [-0.39, 0.29) is 12.3 Å². The third-order valence-corrected chi connectivity index (χ3v) is 3.73. The molecule has 0 saturated heterocycles. The lowest BCUT2D eigenvalue weighted by molar-refractivity contribution is 0.0972. The predicted octanol–water partition coefficient (Wildman–Crippen LogP) is 4.14. The maximum absolute atomic E-state index is 12.5. The maximum Gasteiger partial charge on any atom is 0.182 e. The SMILES string of the molecule is CCc1nc2ccccc2n1CC(=O)c1cccc(Cl)c1. The Hall–Kier alpha value is -2.13. The third kappa shape index (κ3) is 2.69. The van der Waals surface area contributed by atoms with Gasteiger partial charge in [-0.3, -0.25) is 4.79 Å². The highest BCUT2D eigenvalue weighted by molar-refractivity contribution is 6.31. The van der Waals surface area contributed by atoms with Crippen molar-refractivity contribution in [1.29, 1.82) is 0 Å². The van der Waals surface area contributed by atoms with E-state index in [0.717, 1.165) is 23.3 Å². The molecule has 0 aliphatic carbocycles. The van der Waals surface area contributed by atoms with Gasteiger partial charge in [-0.25, -0.2) is 4.98 Å². The largest absolute Gasteiger partial charge is 0.320 e. The zero-order valence-corrected chi connectivity index (χ0v) is 12.5. The third-order valence-electron chi connectivity index (χ3n) is 3.50. The van der Waals surface area contributed by atoms with Crippen molar-refractivity contribution >= 4 is 28.4 Å². The second kappa shape index (κ2) is 5.70. The molecule has 0 aliphatic rings. The average molecular weight is 299 g/mol. The van der Waals surface area contributed by atoms with Gasteiger partial charge in [-0.15, -0.1) is 0 Å². The molecule has 4 heteroatoms. The minimum Gasteiger partial charge on any atom is -0.320 e. The quantitative estimate of drug-likeness (QED) is 0.679. The first-order valence-electron chi connectivity index (χ1n) is 6.92. The maximum atomic E-state index is 12.5. The molecule has 21 heavy (non-hydrogen) atoms. The number of halogens is 1. The Morgan fingerprint density at radius 2 is 2.00 bits per heavy atom. The summed E-state index contributed by atoms with van der Waals surface area (Å²) in [6, 6.07) is 14.9. The van der Waals surface area contributed by atoms with E-state index in [1.54, 1.807) is 24.3 Å². The van der Waals surface area contributed by atoms with Crippen molar-refractivity contribution < 1.29 is 4.79 Å². The molecule has 0 spiro atoms. The van der Waals surface area contributed by atoms with E-state index in [9.17, 15) is 4.79 Å². The summed E-state index contributed by atoms with van der Waals surface area (Å²) >= 11 is 5.95. The van der Waals surface area contributed by atoms with Crippen molar-refractivity contribution in [2.75, 3.05) is 0 Å². The van der Waals surface area contributed by atoms with Crippen molar-refractivity contribution in [1.82, 2.24) is 9.55 Å². The number of Topliss-reactive ketones (excluding diaryl/α,β-unsaturated/α-hetero) is 1. The van der Waals surface area contributed by atoms with Crippen molar-refractivity contribution in [2.24, 2.45) is 0 Å². The van der Waals surface area contributed by atoms with E-state index in [1.807, 2.05) is 35.8 Å². The number of fused-ring (bicyclic) bond motifs is 1. The van der Waals surface area contributed by atoms with E-state index in [2.05, 4.69) is 4.98 Å². The van der Waals surface area contributed by atoms with Gasteiger partial charge in [0.15, 0.2) is 5.78 Å². The molecule has 1 aromatic heterocycles. The van der Waals surface area contributed by atoms with E-state index < -0.39 is 0 Å². The lowest BCUT2D eigenvalue weighted by atomic mass is 10.1. The molecule has 1 heterocycles. The number of hydrogen-bond donors (Lipinski definition) is 0. The van der Waals surface area contributed by atoms with Crippen LogP contribution >= 0.6 is 11.6 Å². The molecule has 0 unspecified atom stereocenters. The zero-order valence-electron chi connectivity index (χ0n) is 11.7. The number of aromatic nitrogens is 2. The number of imidazole rings is 1. The number of nitrogens with zero attached hydrogens (tertiary/aromatic N) is 2. The fourth-order valence-electron chi connectivity index (χ4n) is 2.47. The summed E-state index contributed by atoms with van der Waals surface area (Å²) in [6.45, 7) is 2.33. The first-order valence-corrected chi connectivity index (χ1v) is 7.29. The van der Waals surface area contributed by atoms with Crippen LogP contribution in [-0.4, -0.2) is 15.3 Å². The number of rotatable bonds is 4. The summed E-state index contributed by atoms with van der Waals surface area (Å²) in [6.07, 6.45) is 0.789. The van der Waals surface area contributed by atoms with Crippen molar-refractivity contribution in [3.8, 4) is 0 Å². The van der Waals surface area contributed by atoms with Crippen LogP contribution in [0.15, 0.2) is 48.5 Å². The summed E-state index contributed by atoms with van der Waals surface area (Å²) in [4.78, 5) is 17.0. The lowest BCUT2D eigenvalue weighted by Crippen LogP contribution is -2.12. The normalized spacial score (nSPS) is 11.0. The van der Waals surface area contributed by atoms with Crippen molar-refractivity contribution in [2.45, 2.75) is 19.9 Å². The number of aryl methyl sites for hydroxylation is 1. The standard InChI is InChI=1S/C17H15ClN2O/c1-2-17-19-14-8-3-4-9-15(14)20(17)11-16(21)12-6-5-7-13(18)10-12/h3-10H,2,11H2,1H3. The molecular formula is C17H15ClN2O. The molecule has 0 atom stereocenters. The molecular weight excluding hydrogens is 284 g/mol. The van der Waals surface area contributed by atoms with E-state index in [4.69, 9.17) is 11.6 Å². The molecule has 0 bridgehead atoms. The number of carbonyl (C=O) groups excluding carboxylic acids is 1. The molecule has 3 rings (SSSR count). The van der Waals surface area contributed by atoms with Crippen LogP contribution in [-0.2, 0) is 13.0 Å². The number of hydrogen-bond acceptors (Lipinski definition) is 2. The highest BCUT2D eigenvalue weighted by Crippen LogP contribution is 2.18. The minimum atomic E-state index is 0.0374. The van der Waals surface area contributed by atoms with Crippen LogP contribution in [0, 0.1) is 0 Å².